The molecule has 5 heteroatoms. The minimum absolute atomic E-state index is 0.146. The lowest BCUT2D eigenvalue weighted by molar-refractivity contribution is -0.119. The maximum Gasteiger partial charge on any atom is 0.227 e. The van der Waals surface area contributed by atoms with Gasteiger partial charge in [-0.15, -0.1) is 0 Å². The van der Waals surface area contributed by atoms with Gasteiger partial charge in [0.05, 0.1) is 29.7 Å². The average molecular weight is 327 g/mol. The Labute approximate surface area is 139 Å². The van der Waals surface area contributed by atoms with Crippen LogP contribution in [-0.4, -0.2) is 12.5 Å². The number of ether oxygens (including phenoxy) is 1. The number of halogens is 1. The van der Waals surface area contributed by atoms with Crippen molar-refractivity contribution in [1.82, 2.24) is 0 Å². The molecule has 2 aromatic rings. The molecule has 116 valence electrons. The van der Waals surface area contributed by atoms with Gasteiger partial charge in [0.1, 0.15) is 6.07 Å². The van der Waals surface area contributed by atoms with Gasteiger partial charge in [-0.05, 0) is 35.7 Å². The van der Waals surface area contributed by atoms with E-state index in [1.807, 2.05) is 24.3 Å². The number of anilines is 1. The Kier molecular flexibility index (Phi) is 4.61. The largest absolute Gasteiger partial charge is 0.373 e. The third-order valence-corrected chi connectivity index (χ3v) is 4.15. The lowest BCUT2D eigenvalue weighted by Gasteiger charge is -2.25. The van der Waals surface area contributed by atoms with E-state index >= 15 is 0 Å². The van der Waals surface area contributed by atoms with Gasteiger partial charge in [-0.3, -0.25) is 4.79 Å². The van der Waals surface area contributed by atoms with Crippen molar-refractivity contribution in [3.05, 3.63) is 64.2 Å². The number of nitriles is 1. The molecule has 0 aromatic heterocycles. The van der Waals surface area contributed by atoms with E-state index in [0.29, 0.717) is 22.9 Å². The third-order valence-electron chi connectivity index (χ3n) is 3.84. The Hall–Kier alpha value is -2.35. The number of fused-ring (bicyclic) bond motifs is 1. The van der Waals surface area contributed by atoms with Gasteiger partial charge < -0.3 is 10.1 Å². The highest BCUT2D eigenvalue weighted by Crippen LogP contribution is 2.30. The zero-order valence-corrected chi connectivity index (χ0v) is 13.1. The number of nitrogens with zero attached hydrogens (tertiary/aromatic N) is 1. The Morgan fingerprint density at radius 3 is 2.96 bits per heavy atom. The van der Waals surface area contributed by atoms with E-state index < -0.39 is 0 Å². The number of rotatable bonds is 3. The van der Waals surface area contributed by atoms with Crippen LogP contribution in [0.15, 0.2) is 42.5 Å². The van der Waals surface area contributed by atoms with Gasteiger partial charge in [-0.1, -0.05) is 35.9 Å². The van der Waals surface area contributed by atoms with Crippen LogP contribution in [0, 0.1) is 11.3 Å². The van der Waals surface area contributed by atoms with Gasteiger partial charge in [0.25, 0.3) is 0 Å². The summed E-state index contributed by atoms with van der Waals surface area (Å²) in [6.07, 6.45) is 0.891. The first-order valence-corrected chi connectivity index (χ1v) is 7.74. The second-order valence-electron chi connectivity index (χ2n) is 5.37. The highest BCUT2D eigenvalue weighted by atomic mass is 35.5. The standard InChI is InChI=1S/C18H15ClN2O2/c19-16-9-14(6-5-13(16)11-20)21-18(22)10-17-15-4-2-1-3-12(15)7-8-23-17/h1-6,9,17H,7-8,10H2,(H,21,22). The van der Waals surface area contributed by atoms with Crippen LogP contribution in [0.3, 0.4) is 0 Å². The van der Waals surface area contributed by atoms with E-state index in [2.05, 4.69) is 11.4 Å². The third kappa shape index (κ3) is 3.53. The Morgan fingerprint density at radius 1 is 1.35 bits per heavy atom. The summed E-state index contributed by atoms with van der Waals surface area (Å²) in [6.45, 7) is 0.623. The Bertz CT molecular complexity index is 783. The molecule has 0 spiro atoms. The minimum atomic E-state index is -0.228. The summed E-state index contributed by atoms with van der Waals surface area (Å²) in [5.41, 5.74) is 3.27. The molecule has 1 unspecified atom stereocenters. The van der Waals surface area contributed by atoms with Crippen LogP contribution in [0.5, 0.6) is 0 Å². The fraction of sp³-hybridized carbons (Fsp3) is 0.222. The number of carbonyl (C=O) groups excluding carboxylic acids is 1. The molecule has 1 amide bonds. The first-order valence-electron chi connectivity index (χ1n) is 7.36. The molecular weight excluding hydrogens is 312 g/mol. The van der Waals surface area contributed by atoms with Crippen molar-refractivity contribution in [2.45, 2.75) is 18.9 Å². The van der Waals surface area contributed by atoms with Crippen molar-refractivity contribution in [3.63, 3.8) is 0 Å². The first kappa shape index (κ1) is 15.5. The maximum atomic E-state index is 12.3. The second-order valence-corrected chi connectivity index (χ2v) is 5.77. The molecule has 0 saturated heterocycles. The lowest BCUT2D eigenvalue weighted by Crippen LogP contribution is -2.22. The number of amides is 1. The number of nitrogens with one attached hydrogen (secondary N) is 1. The monoisotopic (exact) mass is 326 g/mol. The molecule has 1 aliphatic heterocycles. The summed E-state index contributed by atoms with van der Waals surface area (Å²) in [4.78, 5) is 12.3. The van der Waals surface area contributed by atoms with E-state index in [1.165, 1.54) is 5.56 Å². The molecule has 2 aromatic carbocycles. The molecule has 0 fully saturated rings. The molecule has 0 aliphatic carbocycles. The number of hydrogen-bond donors (Lipinski definition) is 1. The molecule has 1 aliphatic rings. The van der Waals surface area contributed by atoms with Crippen LogP contribution >= 0.6 is 11.6 Å². The average Bonchev–Trinajstić information content (AvgIpc) is 2.55. The van der Waals surface area contributed by atoms with Crippen LogP contribution in [-0.2, 0) is 16.0 Å². The molecule has 4 nitrogen and oxygen atoms in total. The Balaban J connectivity index is 1.69. The smallest absolute Gasteiger partial charge is 0.227 e. The van der Waals surface area contributed by atoms with E-state index in [-0.39, 0.29) is 18.4 Å². The molecule has 1 heterocycles. The predicted octanol–water partition coefficient (Wildman–Crippen LogP) is 3.85. The summed E-state index contributed by atoms with van der Waals surface area (Å²) >= 11 is 5.97. The quantitative estimate of drug-likeness (QED) is 0.931. The highest BCUT2D eigenvalue weighted by Gasteiger charge is 2.23. The molecule has 0 saturated carbocycles. The molecule has 23 heavy (non-hydrogen) atoms. The second kappa shape index (κ2) is 6.82. The zero-order valence-electron chi connectivity index (χ0n) is 12.4. The van der Waals surface area contributed by atoms with Gasteiger partial charge in [-0.25, -0.2) is 0 Å². The molecule has 0 radical (unpaired) electrons. The van der Waals surface area contributed by atoms with Crippen molar-refractivity contribution in [2.75, 3.05) is 11.9 Å². The zero-order chi connectivity index (χ0) is 16.2. The van der Waals surface area contributed by atoms with Gasteiger partial charge >= 0.3 is 0 Å². The van der Waals surface area contributed by atoms with Crippen molar-refractivity contribution in [2.24, 2.45) is 0 Å². The topological polar surface area (TPSA) is 62.1 Å². The number of hydrogen-bond acceptors (Lipinski definition) is 3. The fourth-order valence-corrected chi connectivity index (χ4v) is 2.93. The highest BCUT2D eigenvalue weighted by molar-refractivity contribution is 6.32. The molecule has 1 atom stereocenters. The normalized spacial score (nSPS) is 16.3. The van der Waals surface area contributed by atoms with Crippen LogP contribution in [0.25, 0.3) is 0 Å². The van der Waals surface area contributed by atoms with Crippen molar-refractivity contribution in [3.8, 4) is 6.07 Å². The van der Waals surface area contributed by atoms with Gasteiger partial charge in [0, 0.05) is 5.69 Å². The molecule has 1 N–H and O–H groups in total. The van der Waals surface area contributed by atoms with Crippen molar-refractivity contribution < 1.29 is 9.53 Å². The van der Waals surface area contributed by atoms with Crippen LogP contribution in [0.1, 0.15) is 29.2 Å². The molecular formula is C18H15ClN2O2. The lowest BCUT2D eigenvalue weighted by atomic mass is 9.95. The Morgan fingerprint density at radius 2 is 2.17 bits per heavy atom. The van der Waals surface area contributed by atoms with E-state index in [4.69, 9.17) is 21.6 Å². The van der Waals surface area contributed by atoms with Crippen molar-refractivity contribution in [1.29, 1.82) is 5.26 Å². The van der Waals surface area contributed by atoms with E-state index in [0.717, 1.165) is 12.0 Å². The summed E-state index contributed by atoms with van der Waals surface area (Å²) in [5, 5.41) is 12.0. The van der Waals surface area contributed by atoms with Crippen molar-refractivity contribution >= 4 is 23.2 Å². The maximum absolute atomic E-state index is 12.3. The summed E-state index contributed by atoms with van der Waals surface area (Å²) in [5.74, 6) is -0.146. The van der Waals surface area contributed by atoms with E-state index in [1.54, 1.807) is 18.2 Å². The van der Waals surface area contributed by atoms with Crippen LogP contribution in [0.2, 0.25) is 5.02 Å². The molecule has 0 bridgehead atoms. The fourth-order valence-electron chi connectivity index (χ4n) is 2.71. The minimum Gasteiger partial charge on any atom is -0.373 e. The van der Waals surface area contributed by atoms with Gasteiger partial charge in [0.15, 0.2) is 0 Å². The van der Waals surface area contributed by atoms with Crippen LogP contribution < -0.4 is 5.32 Å². The summed E-state index contributed by atoms with van der Waals surface area (Å²) in [6, 6.07) is 14.9. The SMILES string of the molecule is N#Cc1ccc(NC(=O)CC2OCCc3ccccc32)cc1Cl. The predicted molar refractivity (Wildman–Crippen MR) is 88.3 cm³/mol. The molecule has 3 rings (SSSR count). The summed E-state index contributed by atoms with van der Waals surface area (Å²) < 4.78 is 5.74. The first-order chi connectivity index (χ1) is 11.2. The number of benzene rings is 2. The summed E-state index contributed by atoms with van der Waals surface area (Å²) in [7, 11) is 0. The van der Waals surface area contributed by atoms with Gasteiger partial charge in [-0.2, -0.15) is 5.26 Å². The van der Waals surface area contributed by atoms with Gasteiger partial charge in [0.2, 0.25) is 5.91 Å². The number of carbonyl (C=O) groups is 1. The van der Waals surface area contributed by atoms with E-state index in [9.17, 15) is 4.79 Å². The van der Waals surface area contributed by atoms with Crippen LogP contribution in [0.4, 0.5) is 5.69 Å².